The number of halogens is 5. The van der Waals surface area contributed by atoms with Crippen molar-refractivity contribution in [1.82, 2.24) is 5.32 Å². The zero-order chi connectivity index (χ0) is 16.4. The standard InChI is InChI=1S/C13H14Cl2F3NS2/c1-4-5-6(2)10(13(16,17)18)19-12(20)9-7(3)8(14)11(15)21-9/h10H,2,4-5H2,1,3H3,(H,19,20). The fraction of sp³-hybridized carbons (Fsp3) is 0.462. The Hall–Kier alpha value is -0.300. The third-order valence-electron chi connectivity index (χ3n) is 2.82. The number of thiocarbonyl (C=S) groups is 1. The average Bonchev–Trinajstić information content (AvgIpc) is 2.62. The van der Waals surface area contributed by atoms with E-state index in [4.69, 9.17) is 35.4 Å². The van der Waals surface area contributed by atoms with E-state index in [0.29, 0.717) is 26.2 Å². The summed E-state index contributed by atoms with van der Waals surface area (Å²) in [4.78, 5) is 0.421. The lowest BCUT2D eigenvalue weighted by Gasteiger charge is -2.24. The van der Waals surface area contributed by atoms with Crippen molar-refractivity contribution in [2.75, 3.05) is 0 Å². The van der Waals surface area contributed by atoms with Crippen LogP contribution in [0.5, 0.6) is 0 Å². The second kappa shape index (κ2) is 7.31. The van der Waals surface area contributed by atoms with Gasteiger partial charge in [0.05, 0.1) is 9.90 Å². The van der Waals surface area contributed by atoms with Crippen molar-refractivity contribution in [2.24, 2.45) is 0 Å². The van der Waals surface area contributed by atoms with E-state index in [-0.39, 0.29) is 17.0 Å². The van der Waals surface area contributed by atoms with Crippen molar-refractivity contribution in [3.05, 3.63) is 32.0 Å². The first-order valence-electron chi connectivity index (χ1n) is 6.09. The normalized spacial score (nSPS) is 13.1. The quantitative estimate of drug-likeness (QED) is 0.506. The summed E-state index contributed by atoms with van der Waals surface area (Å²) in [7, 11) is 0. The van der Waals surface area contributed by atoms with Crippen LogP contribution in [0.1, 0.15) is 30.2 Å². The van der Waals surface area contributed by atoms with Gasteiger partial charge in [-0.25, -0.2) is 0 Å². The van der Waals surface area contributed by atoms with Crippen LogP contribution in [0.4, 0.5) is 13.2 Å². The van der Waals surface area contributed by atoms with E-state index in [1.54, 1.807) is 13.8 Å². The highest BCUT2D eigenvalue weighted by molar-refractivity contribution is 7.81. The highest BCUT2D eigenvalue weighted by Crippen LogP contribution is 2.37. The van der Waals surface area contributed by atoms with E-state index in [2.05, 4.69) is 11.9 Å². The second-order valence-corrected chi connectivity index (χ2v) is 6.91. The second-order valence-electron chi connectivity index (χ2n) is 4.50. The fourth-order valence-electron chi connectivity index (χ4n) is 1.75. The van der Waals surface area contributed by atoms with Gasteiger partial charge in [-0.3, -0.25) is 0 Å². The molecule has 1 N–H and O–H groups in total. The van der Waals surface area contributed by atoms with Crippen LogP contribution >= 0.6 is 46.8 Å². The van der Waals surface area contributed by atoms with E-state index >= 15 is 0 Å². The van der Waals surface area contributed by atoms with Gasteiger partial charge in [0.25, 0.3) is 0 Å². The summed E-state index contributed by atoms with van der Waals surface area (Å²) in [5.41, 5.74) is 0.630. The van der Waals surface area contributed by atoms with Crippen LogP contribution in [0.25, 0.3) is 0 Å². The van der Waals surface area contributed by atoms with Gasteiger partial charge in [-0.2, -0.15) is 13.2 Å². The molecule has 1 unspecified atom stereocenters. The van der Waals surface area contributed by atoms with Gasteiger partial charge in [-0.1, -0.05) is 55.3 Å². The molecule has 0 amide bonds. The number of hydrogen-bond donors (Lipinski definition) is 1. The molecule has 0 aliphatic carbocycles. The molecule has 1 heterocycles. The molecule has 1 rings (SSSR count). The van der Waals surface area contributed by atoms with Gasteiger partial charge in [0.2, 0.25) is 0 Å². The summed E-state index contributed by atoms with van der Waals surface area (Å²) < 4.78 is 39.7. The van der Waals surface area contributed by atoms with Crippen LogP contribution in [0.15, 0.2) is 12.2 Å². The minimum absolute atomic E-state index is 0.0223. The van der Waals surface area contributed by atoms with Crippen LogP contribution in [0.3, 0.4) is 0 Å². The lowest BCUT2D eigenvalue weighted by atomic mass is 10.0. The molecule has 0 radical (unpaired) electrons. The molecule has 1 nitrogen and oxygen atoms in total. The average molecular weight is 376 g/mol. The molecule has 1 atom stereocenters. The molecule has 118 valence electrons. The van der Waals surface area contributed by atoms with E-state index in [0.717, 1.165) is 11.3 Å². The minimum atomic E-state index is -4.46. The maximum Gasteiger partial charge on any atom is 0.412 e. The summed E-state index contributed by atoms with van der Waals surface area (Å²) in [5, 5.41) is 2.66. The van der Waals surface area contributed by atoms with Crippen LogP contribution in [0, 0.1) is 6.92 Å². The third kappa shape index (κ3) is 4.58. The molecular weight excluding hydrogens is 362 g/mol. The summed E-state index contributed by atoms with van der Waals surface area (Å²) >= 11 is 17.9. The SMILES string of the molecule is C=C(CCC)C(NC(=S)c1sc(Cl)c(Cl)c1C)C(F)(F)F. The first kappa shape index (κ1) is 18.7. The topological polar surface area (TPSA) is 12.0 Å². The number of hydrogen-bond acceptors (Lipinski definition) is 2. The molecule has 0 aliphatic heterocycles. The van der Waals surface area contributed by atoms with Crippen molar-refractivity contribution in [3.63, 3.8) is 0 Å². The van der Waals surface area contributed by atoms with Crippen molar-refractivity contribution < 1.29 is 13.2 Å². The molecule has 0 fully saturated rings. The smallest absolute Gasteiger partial charge is 0.361 e. The zero-order valence-electron chi connectivity index (χ0n) is 11.4. The highest BCUT2D eigenvalue weighted by atomic mass is 35.5. The van der Waals surface area contributed by atoms with Crippen molar-refractivity contribution in [2.45, 2.75) is 38.9 Å². The third-order valence-corrected chi connectivity index (χ3v) is 5.47. The first-order valence-corrected chi connectivity index (χ1v) is 8.07. The van der Waals surface area contributed by atoms with Gasteiger partial charge in [-0.05, 0) is 24.5 Å². The van der Waals surface area contributed by atoms with Crippen molar-refractivity contribution in [3.8, 4) is 0 Å². The largest absolute Gasteiger partial charge is 0.412 e. The molecule has 0 saturated heterocycles. The Morgan fingerprint density at radius 2 is 2.00 bits per heavy atom. The Bertz CT molecular complexity index is 552. The minimum Gasteiger partial charge on any atom is -0.361 e. The molecule has 0 aromatic carbocycles. The van der Waals surface area contributed by atoms with Gasteiger partial charge >= 0.3 is 6.18 Å². The molecule has 1 aromatic heterocycles. The predicted molar refractivity (Wildman–Crippen MR) is 87.8 cm³/mol. The van der Waals surface area contributed by atoms with Crippen LogP contribution < -0.4 is 5.32 Å². The lowest BCUT2D eigenvalue weighted by Crippen LogP contribution is -2.46. The maximum absolute atomic E-state index is 13.1. The monoisotopic (exact) mass is 375 g/mol. The Labute approximate surface area is 141 Å². The maximum atomic E-state index is 13.1. The van der Waals surface area contributed by atoms with Gasteiger partial charge in [-0.15, -0.1) is 11.3 Å². The number of thiophene rings is 1. The highest BCUT2D eigenvalue weighted by Gasteiger charge is 2.41. The Kier molecular flexibility index (Phi) is 6.53. The predicted octanol–water partition coefficient (Wildman–Crippen LogP) is 5.92. The molecule has 1 aromatic rings. The Morgan fingerprint density at radius 3 is 2.38 bits per heavy atom. The van der Waals surface area contributed by atoms with Gasteiger partial charge < -0.3 is 5.32 Å². The van der Waals surface area contributed by atoms with Gasteiger partial charge in [0, 0.05) is 0 Å². The van der Waals surface area contributed by atoms with E-state index < -0.39 is 12.2 Å². The van der Waals surface area contributed by atoms with Crippen LogP contribution in [-0.4, -0.2) is 17.2 Å². The summed E-state index contributed by atoms with van der Waals surface area (Å²) in [6.45, 7) is 6.97. The summed E-state index contributed by atoms with van der Waals surface area (Å²) in [6, 6.07) is -1.87. The molecular formula is C13H14Cl2F3NS2. The number of nitrogens with one attached hydrogen (secondary N) is 1. The molecule has 0 saturated carbocycles. The summed E-state index contributed by atoms with van der Waals surface area (Å²) in [5.74, 6) is 0. The zero-order valence-corrected chi connectivity index (χ0v) is 14.5. The van der Waals surface area contributed by atoms with Gasteiger partial charge in [0.1, 0.15) is 15.4 Å². The molecule has 0 spiro atoms. The first-order chi connectivity index (χ1) is 9.59. The van der Waals surface area contributed by atoms with Crippen LogP contribution in [-0.2, 0) is 0 Å². The molecule has 0 aliphatic rings. The van der Waals surface area contributed by atoms with Crippen molar-refractivity contribution >= 4 is 51.7 Å². The molecule has 21 heavy (non-hydrogen) atoms. The van der Waals surface area contributed by atoms with Crippen molar-refractivity contribution in [1.29, 1.82) is 0 Å². The van der Waals surface area contributed by atoms with Crippen LogP contribution in [0.2, 0.25) is 9.36 Å². The van der Waals surface area contributed by atoms with E-state index in [9.17, 15) is 13.2 Å². The number of alkyl halides is 3. The summed E-state index contributed by atoms with van der Waals surface area (Å²) in [6.07, 6.45) is -3.62. The Balaban J connectivity index is 3.01. The lowest BCUT2D eigenvalue weighted by molar-refractivity contribution is -0.143. The van der Waals surface area contributed by atoms with Gasteiger partial charge in [0.15, 0.2) is 0 Å². The Morgan fingerprint density at radius 1 is 1.43 bits per heavy atom. The number of rotatable bonds is 5. The molecule has 8 heteroatoms. The fourth-order valence-corrected chi connectivity index (χ4v) is 3.62. The van der Waals surface area contributed by atoms with E-state index in [1.807, 2.05) is 0 Å². The molecule has 0 bridgehead atoms. The van der Waals surface area contributed by atoms with E-state index in [1.165, 1.54) is 0 Å².